The summed E-state index contributed by atoms with van der Waals surface area (Å²) in [4.78, 5) is 20.8. The van der Waals surface area contributed by atoms with Crippen molar-refractivity contribution in [2.24, 2.45) is 10.3 Å². The van der Waals surface area contributed by atoms with E-state index in [2.05, 4.69) is 15.6 Å². The van der Waals surface area contributed by atoms with E-state index in [0.29, 0.717) is 18.8 Å². The van der Waals surface area contributed by atoms with Crippen LogP contribution in [0.4, 0.5) is 10.5 Å². The number of nitrogens with one attached hydrogen (secondary N) is 1. The van der Waals surface area contributed by atoms with Gasteiger partial charge in [0.15, 0.2) is 11.8 Å². The van der Waals surface area contributed by atoms with E-state index in [0.717, 1.165) is 5.56 Å². The lowest BCUT2D eigenvalue weighted by Crippen LogP contribution is -2.16. The van der Waals surface area contributed by atoms with E-state index < -0.39 is 6.03 Å². The zero-order valence-corrected chi connectivity index (χ0v) is 11.8. The highest BCUT2D eigenvalue weighted by Crippen LogP contribution is 2.08. The number of rotatable bonds is 3. The van der Waals surface area contributed by atoms with Crippen molar-refractivity contribution in [3.8, 4) is 0 Å². The lowest BCUT2D eigenvalue weighted by Gasteiger charge is -1.99. The molecule has 2 amide bonds. The average molecular weight is 295 g/mol. The second kappa shape index (κ2) is 6.62. The van der Waals surface area contributed by atoms with Crippen molar-refractivity contribution in [2.45, 2.75) is 6.54 Å². The number of para-hydroxylation sites is 1. The SMILES string of the molecule is O=C(/N=C1\C[N+](Cc2ccccc2)=NO1)Nc1ccccc1. The lowest BCUT2D eigenvalue weighted by molar-refractivity contribution is -0.600. The molecule has 0 radical (unpaired) electrons. The fourth-order valence-corrected chi connectivity index (χ4v) is 2.04. The Bertz CT molecular complexity index is 711. The number of carbonyl (C=O) groups excluding carboxylic acids is 1. The molecule has 1 aliphatic rings. The van der Waals surface area contributed by atoms with Gasteiger partial charge >= 0.3 is 11.9 Å². The quantitative estimate of drug-likeness (QED) is 0.883. The van der Waals surface area contributed by atoms with Gasteiger partial charge in [-0.2, -0.15) is 4.99 Å². The molecule has 110 valence electrons. The Balaban J connectivity index is 1.56. The first-order valence-corrected chi connectivity index (χ1v) is 6.90. The predicted molar refractivity (Wildman–Crippen MR) is 81.7 cm³/mol. The first-order valence-electron chi connectivity index (χ1n) is 6.90. The zero-order valence-electron chi connectivity index (χ0n) is 11.8. The van der Waals surface area contributed by atoms with E-state index in [1.54, 1.807) is 16.8 Å². The summed E-state index contributed by atoms with van der Waals surface area (Å²) in [6.07, 6.45) is 0. The summed E-state index contributed by atoms with van der Waals surface area (Å²) in [5.74, 6) is 0.282. The van der Waals surface area contributed by atoms with Crippen LogP contribution in [0.3, 0.4) is 0 Å². The topological polar surface area (TPSA) is 66.1 Å². The molecule has 6 heteroatoms. The number of hydrogen-bond acceptors (Lipinski definition) is 3. The molecule has 0 fully saturated rings. The highest BCUT2D eigenvalue weighted by Gasteiger charge is 2.24. The number of nitrogens with zero attached hydrogens (tertiary/aromatic N) is 3. The molecule has 1 aliphatic heterocycles. The molecule has 22 heavy (non-hydrogen) atoms. The third kappa shape index (κ3) is 3.76. The molecule has 2 aromatic rings. The lowest BCUT2D eigenvalue weighted by atomic mass is 10.2. The minimum absolute atomic E-state index is 0.282. The van der Waals surface area contributed by atoms with E-state index in [-0.39, 0.29) is 5.90 Å². The van der Waals surface area contributed by atoms with Crippen LogP contribution in [0.5, 0.6) is 0 Å². The van der Waals surface area contributed by atoms with Crippen molar-refractivity contribution >= 4 is 17.6 Å². The summed E-state index contributed by atoms with van der Waals surface area (Å²) in [7, 11) is 0. The Morgan fingerprint density at radius 1 is 1.14 bits per heavy atom. The van der Waals surface area contributed by atoms with Crippen molar-refractivity contribution in [3.05, 3.63) is 66.2 Å². The molecule has 0 unspecified atom stereocenters. The molecule has 3 rings (SSSR count). The summed E-state index contributed by atoms with van der Waals surface area (Å²) in [6.45, 7) is 0.983. The molecular formula is C16H15N4O2+. The van der Waals surface area contributed by atoms with Gasteiger partial charge in [0.2, 0.25) is 0 Å². The summed E-state index contributed by atoms with van der Waals surface area (Å²) >= 11 is 0. The van der Waals surface area contributed by atoms with E-state index >= 15 is 0 Å². The monoisotopic (exact) mass is 295 g/mol. The largest absolute Gasteiger partial charge is 0.348 e. The second-order valence-corrected chi connectivity index (χ2v) is 4.78. The van der Waals surface area contributed by atoms with Crippen LogP contribution in [0.1, 0.15) is 5.56 Å². The first kappa shape index (κ1) is 13.9. The Morgan fingerprint density at radius 2 is 1.82 bits per heavy atom. The number of amides is 2. The van der Waals surface area contributed by atoms with E-state index in [4.69, 9.17) is 4.84 Å². The maximum Gasteiger partial charge on any atom is 0.348 e. The van der Waals surface area contributed by atoms with E-state index in [9.17, 15) is 4.79 Å². The average Bonchev–Trinajstić information content (AvgIpc) is 2.96. The molecule has 0 atom stereocenters. The van der Waals surface area contributed by atoms with Crippen molar-refractivity contribution in [1.82, 2.24) is 0 Å². The fourth-order valence-electron chi connectivity index (χ4n) is 2.04. The Kier molecular flexibility index (Phi) is 4.20. The van der Waals surface area contributed by atoms with Crippen molar-refractivity contribution in [1.29, 1.82) is 0 Å². The normalized spacial score (nSPS) is 15.3. The second-order valence-electron chi connectivity index (χ2n) is 4.78. The molecule has 0 aromatic heterocycles. The number of anilines is 1. The van der Waals surface area contributed by atoms with Crippen molar-refractivity contribution in [2.75, 3.05) is 11.9 Å². The van der Waals surface area contributed by atoms with Crippen LogP contribution < -0.4 is 5.32 Å². The van der Waals surface area contributed by atoms with Gasteiger partial charge in [0.05, 0.1) is 0 Å². The van der Waals surface area contributed by atoms with Crippen LogP contribution in [0.25, 0.3) is 0 Å². The molecule has 2 aromatic carbocycles. The summed E-state index contributed by atoms with van der Waals surface area (Å²) in [5, 5.41) is 6.56. The number of carbonyl (C=O) groups is 1. The fraction of sp³-hybridized carbons (Fsp3) is 0.125. The predicted octanol–water partition coefficient (Wildman–Crippen LogP) is 3.23. The third-order valence-corrected chi connectivity index (χ3v) is 3.04. The third-order valence-electron chi connectivity index (χ3n) is 3.04. The molecule has 0 aliphatic carbocycles. The Hall–Kier alpha value is -3.02. The molecule has 1 N–H and O–H groups in total. The summed E-state index contributed by atoms with van der Waals surface area (Å²) < 4.78 is 1.71. The number of aliphatic imine (C=N–C) groups is 1. The smallest absolute Gasteiger partial charge is 0.306 e. The molecule has 0 saturated heterocycles. The first-order chi connectivity index (χ1) is 10.8. The summed E-state index contributed by atoms with van der Waals surface area (Å²) in [5.41, 5.74) is 1.80. The van der Waals surface area contributed by atoms with Gasteiger partial charge in [0.1, 0.15) is 0 Å². The van der Waals surface area contributed by atoms with E-state index in [1.165, 1.54) is 0 Å². The van der Waals surface area contributed by atoms with Gasteiger partial charge in [-0.15, -0.1) is 0 Å². The van der Waals surface area contributed by atoms with Gasteiger partial charge < -0.3 is 5.32 Å². The maximum atomic E-state index is 11.8. The van der Waals surface area contributed by atoms with Crippen LogP contribution >= 0.6 is 0 Å². The molecule has 6 nitrogen and oxygen atoms in total. The number of benzene rings is 2. The molecule has 0 bridgehead atoms. The standard InChI is InChI=1S/C16H14N4O2/c21-16(17-14-9-5-2-6-10-14)18-15-12-20(19-22-15)11-13-7-3-1-4-8-13/h1-10H,11-12H2/p+1/b18-15+. The molecule has 0 spiro atoms. The van der Waals surface area contributed by atoms with Gasteiger partial charge in [0, 0.05) is 11.3 Å². The summed E-state index contributed by atoms with van der Waals surface area (Å²) in [6, 6.07) is 18.6. The van der Waals surface area contributed by atoms with Gasteiger partial charge in [0.25, 0.3) is 6.54 Å². The van der Waals surface area contributed by atoms with Crippen LogP contribution in [-0.2, 0) is 11.4 Å². The maximum absolute atomic E-state index is 11.8. The highest BCUT2D eigenvalue weighted by molar-refractivity contribution is 5.98. The van der Waals surface area contributed by atoms with E-state index in [1.807, 2.05) is 48.5 Å². The molecular weight excluding hydrogens is 280 g/mol. The molecule has 1 heterocycles. The van der Waals surface area contributed by atoms with Gasteiger partial charge in [-0.1, -0.05) is 53.2 Å². The zero-order chi connectivity index (χ0) is 15.2. The minimum atomic E-state index is -0.474. The Morgan fingerprint density at radius 3 is 2.55 bits per heavy atom. The highest BCUT2D eigenvalue weighted by atomic mass is 16.7. The van der Waals surface area contributed by atoms with Crippen LogP contribution in [0.2, 0.25) is 0 Å². The van der Waals surface area contributed by atoms with Gasteiger partial charge in [-0.3, -0.25) is 4.84 Å². The van der Waals surface area contributed by atoms with Gasteiger partial charge in [-0.25, -0.2) is 4.79 Å². The van der Waals surface area contributed by atoms with Crippen LogP contribution in [0, 0.1) is 0 Å². The minimum Gasteiger partial charge on any atom is -0.306 e. The Labute approximate surface area is 127 Å². The van der Waals surface area contributed by atoms with Crippen LogP contribution in [0.15, 0.2) is 70.9 Å². The van der Waals surface area contributed by atoms with Crippen molar-refractivity contribution < 1.29 is 14.3 Å². The van der Waals surface area contributed by atoms with Crippen molar-refractivity contribution in [3.63, 3.8) is 0 Å². The number of urea groups is 1. The number of hydrogen-bond donors (Lipinski definition) is 1. The van der Waals surface area contributed by atoms with Gasteiger partial charge in [-0.05, 0) is 12.1 Å². The van der Waals surface area contributed by atoms with Crippen LogP contribution in [-0.4, -0.2) is 23.2 Å². The molecule has 0 saturated carbocycles.